The van der Waals surface area contributed by atoms with Gasteiger partial charge >= 0.3 is 0 Å². The van der Waals surface area contributed by atoms with Crippen molar-refractivity contribution < 1.29 is 4.79 Å². The molecule has 2 aromatic rings. The van der Waals surface area contributed by atoms with Crippen LogP contribution < -0.4 is 5.32 Å². The van der Waals surface area contributed by atoms with Gasteiger partial charge in [0.25, 0.3) is 0 Å². The highest BCUT2D eigenvalue weighted by Gasteiger charge is 2.04. The van der Waals surface area contributed by atoms with Crippen LogP contribution in [-0.4, -0.2) is 10.9 Å². The molecule has 0 saturated heterocycles. The van der Waals surface area contributed by atoms with Gasteiger partial charge < -0.3 is 5.32 Å². The van der Waals surface area contributed by atoms with Gasteiger partial charge in [-0.3, -0.25) is 4.79 Å². The van der Waals surface area contributed by atoms with Gasteiger partial charge in [-0.05, 0) is 30.9 Å². The van der Waals surface area contributed by atoms with Gasteiger partial charge in [0.2, 0.25) is 5.91 Å². The first-order chi connectivity index (χ1) is 9.67. The molecular formula is C16H20N2OS. The molecule has 3 nitrogen and oxygen atoms in total. The van der Waals surface area contributed by atoms with Crippen molar-refractivity contribution in [3.63, 3.8) is 0 Å². The van der Waals surface area contributed by atoms with Crippen LogP contribution >= 0.6 is 11.3 Å². The molecule has 20 heavy (non-hydrogen) atoms. The molecule has 0 fully saturated rings. The van der Waals surface area contributed by atoms with Crippen molar-refractivity contribution in [2.75, 3.05) is 0 Å². The van der Waals surface area contributed by atoms with Gasteiger partial charge in [0.15, 0.2) is 0 Å². The SMILES string of the molecule is CCc1ccc(CCC(=O)NCc2csc(C)n2)cc1. The number of rotatable bonds is 6. The largest absolute Gasteiger partial charge is 0.350 e. The van der Waals surface area contributed by atoms with E-state index in [4.69, 9.17) is 0 Å². The van der Waals surface area contributed by atoms with Gasteiger partial charge in [0.05, 0.1) is 17.2 Å². The van der Waals surface area contributed by atoms with Crippen LogP contribution in [0.4, 0.5) is 0 Å². The van der Waals surface area contributed by atoms with Crippen LogP contribution in [0.3, 0.4) is 0 Å². The predicted molar refractivity (Wildman–Crippen MR) is 82.8 cm³/mol. The maximum atomic E-state index is 11.8. The quantitative estimate of drug-likeness (QED) is 0.886. The molecule has 0 bridgehead atoms. The molecule has 0 aliphatic rings. The van der Waals surface area contributed by atoms with Crippen molar-refractivity contribution in [3.8, 4) is 0 Å². The van der Waals surface area contributed by atoms with Crippen molar-refractivity contribution in [1.29, 1.82) is 0 Å². The molecule has 0 radical (unpaired) electrons. The maximum absolute atomic E-state index is 11.8. The van der Waals surface area contributed by atoms with Gasteiger partial charge in [0.1, 0.15) is 0 Å². The van der Waals surface area contributed by atoms with Crippen LogP contribution in [-0.2, 0) is 24.2 Å². The Morgan fingerprint density at radius 1 is 1.25 bits per heavy atom. The fourth-order valence-corrected chi connectivity index (χ4v) is 2.58. The van der Waals surface area contributed by atoms with Crippen LogP contribution in [0.5, 0.6) is 0 Å². The number of thiazole rings is 1. The third kappa shape index (κ3) is 4.46. The average molecular weight is 288 g/mol. The molecule has 1 aromatic heterocycles. The van der Waals surface area contributed by atoms with Crippen LogP contribution in [0.2, 0.25) is 0 Å². The minimum Gasteiger partial charge on any atom is -0.350 e. The Kier molecular flexibility index (Phi) is 5.30. The number of hydrogen-bond acceptors (Lipinski definition) is 3. The summed E-state index contributed by atoms with van der Waals surface area (Å²) in [6.07, 6.45) is 2.36. The maximum Gasteiger partial charge on any atom is 0.220 e. The number of aromatic nitrogens is 1. The first-order valence-corrected chi connectivity index (χ1v) is 7.81. The van der Waals surface area contributed by atoms with Crippen molar-refractivity contribution in [1.82, 2.24) is 10.3 Å². The van der Waals surface area contributed by atoms with Crippen molar-refractivity contribution in [3.05, 3.63) is 51.5 Å². The minimum absolute atomic E-state index is 0.0789. The summed E-state index contributed by atoms with van der Waals surface area (Å²) in [6.45, 7) is 4.64. The zero-order chi connectivity index (χ0) is 14.4. The predicted octanol–water partition coefficient (Wildman–Crippen LogP) is 3.26. The number of benzene rings is 1. The summed E-state index contributed by atoms with van der Waals surface area (Å²) in [7, 11) is 0. The molecule has 0 saturated carbocycles. The molecule has 1 aromatic carbocycles. The van der Waals surface area contributed by atoms with E-state index < -0.39 is 0 Å². The van der Waals surface area contributed by atoms with Crippen LogP contribution in [0.1, 0.15) is 35.2 Å². The molecule has 1 amide bonds. The standard InChI is InChI=1S/C16H20N2OS/c1-3-13-4-6-14(7-5-13)8-9-16(19)17-10-15-11-20-12(2)18-15/h4-7,11H,3,8-10H2,1-2H3,(H,17,19). The molecule has 2 rings (SSSR count). The topological polar surface area (TPSA) is 42.0 Å². The van der Waals surface area contributed by atoms with E-state index >= 15 is 0 Å². The first-order valence-electron chi connectivity index (χ1n) is 6.93. The van der Waals surface area contributed by atoms with Crippen LogP contribution in [0, 0.1) is 6.92 Å². The van der Waals surface area contributed by atoms with Gasteiger partial charge in [-0.15, -0.1) is 11.3 Å². The van der Waals surface area contributed by atoms with Gasteiger partial charge in [-0.25, -0.2) is 4.98 Å². The summed E-state index contributed by atoms with van der Waals surface area (Å²) in [5.74, 6) is 0.0789. The molecule has 1 heterocycles. The lowest BCUT2D eigenvalue weighted by atomic mass is 10.1. The third-order valence-corrected chi connectivity index (χ3v) is 4.03. The monoisotopic (exact) mass is 288 g/mol. The summed E-state index contributed by atoms with van der Waals surface area (Å²) >= 11 is 1.61. The Morgan fingerprint density at radius 3 is 2.55 bits per heavy atom. The molecule has 106 valence electrons. The second kappa shape index (κ2) is 7.20. The van der Waals surface area contributed by atoms with Crippen LogP contribution in [0.25, 0.3) is 0 Å². The van der Waals surface area contributed by atoms with Crippen molar-refractivity contribution >= 4 is 17.2 Å². The number of nitrogens with zero attached hydrogens (tertiary/aromatic N) is 1. The average Bonchev–Trinajstić information content (AvgIpc) is 2.89. The fourth-order valence-electron chi connectivity index (χ4n) is 1.97. The normalized spacial score (nSPS) is 10.5. The van der Waals surface area contributed by atoms with E-state index in [1.54, 1.807) is 11.3 Å². The Labute approximate surface area is 124 Å². The molecule has 0 spiro atoms. The van der Waals surface area contributed by atoms with E-state index in [-0.39, 0.29) is 5.91 Å². The minimum atomic E-state index is 0.0789. The first kappa shape index (κ1) is 14.7. The lowest BCUT2D eigenvalue weighted by Gasteiger charge is -2.04. The fraction of sp³-hybridized carbons (Fsp3) is 0.375. The Morgan fingerprint density at radius 2 is 1.95 bits per heavy atom. The number of carbonyl (C=O) groups excluding carboxylic acids is 1. The Balaban J connectivity index is 1.74. The van der Waals surface area contributed by atoms with E-state index in [2.05, 4.69) is 41.5 Å². The second-order valence-electron chi connectivity index (χ2n) is 4.80. The van der Waals surface area contributed by atoms with Crippen molar-refractivity contribution in [2.45, 2.75) is 39.7 Å². The molecule has 1 N–H and O–H groups in total. The summed E-state index contributed by atoms with van der Waals surface area (Å²) in [5.41, 5.74) is 3.48. The number of nitrogens with one attached hydrogen (secondary N) is 1. The Hall–Kier alpha value is -1.68. The summed E-state index contributed by atoms with van der Waals surface area (Å²) in [4.78, 5) is 16.1. The number of carbonyl (C=O) groups is 1. The van der Waals surface area contributed by atoms with E-state index in [0.717, 1.165) is 23.5 Å². The molecular weight excluding hydrogens is 268 g/mol. The van der Waals surface area contributed by atoms with Gasteiger partial charge in [0, 0.05) is 11.8 Å². The Bertz CT molecular complexity index is 560. The highest BCUT2D eigenvalue weighted by molar-refractivity contribution is 7.09. The molecule has 0 aliphatic carbocycles. The third-order valence-electron chi connectivity index (χ3n) is 3.21. The molecule has 0 aliphatic heterocycles. The lowest BCUT2D eigenvalue weighted by Crippen LogP contribution is -2.23. The highest BCUT2D eigenvalue weighted by atomic mass is 32.1. The van der Waals surface area contributed by atoms with E-state index in [1.165, 1.54) is 11.1 Å². The van der Waals surface area contributed by atoms with Crippen LogP contribution in [0.15, 0.2) is 29.6 Å². The van der Waals surface area contributed by atoms with Gasteiger partial charge in [-0.1, -0.05) is 31.2 Å². The number of aryl methyl sites for hydroxylation is 3. The van der Waals surface area contributed by atoms with E-state index in [1.807, 2.05) is 12.3 Å². The molecule has 0 atom stereocenters. The zero-order valence-corrected chi connectivity index (χ0v) is 12.8. The lowest BCUT2D eigenvalue weighted by molar-refractivity contribution is -0.121. The smallest absolute Gasteiger partial charge is 0.220 e. The van der Waals surface area contributed by atoms with Crippen molar-refractivity contribution in [2.24, 2.45) is 0 Å². The van der Waals surface area contributed by atoms with Gasteiger partial charge in [-0.2, -0.15) is 0 Å². The summed E-state index contributed by atoms with van der Waals surface area (Å²) < 4.78 is 0. The second-order valence-corrected chi connectivity index (χ2v) is 5.87. The highest BCUT2D eigenvalue weighted by Crippen LogP contribution is 2.09. The number of hydrogen-bond donors (Lipinski definition) is 1. The van der Waals surface area contributed by atoms with E-state index in [0.29, 0.717) is 13.0 Å². The van der Waals surface area contributed by atoms with E-state index in [9.17, 15) is 4.79 Å². The zero-order valence-electron chi connectivity index (χ0n) is 12.0. The number of amides is 1. The molecule has 0 unspecified atom stereocenters. The molecule has 4 heteroatoms. The summed E-state index contributed by atoms with van der Waals surface area (Å²) in [6, 6.07) is 8.47. The summed E-state index contributed by atoms with van der Waals surface area (Å²) in [5, 5.41) is 5.93.